The Morgan fingerprint density at radius 1 is 1.10 bits per heavy atom. The zero-order valence-electron chi connectivity index (χ0n) is 11.8. The molecule has 0 spiro atoms. The van der Waals surface area contributed by atoms with Crippen molar-refractivity contribution in [3.63, 3.8) is 0 Å². The first-order valence-corrected chi connectivity index (χ1v) is 6.62. The average molecular weight is 286 g/mol. The van der Waals surface area contributed by atoms with Gasteiger partial charge in [-0.05, 0) is 42.8 Å². The van der Waals surface area contributed by atoms with Crippen LogP contribution in [0.2, 0.25) is 0 Å². The molecular weight excluding hydrogens is 268 g/mol. The van der Waals surface area contributed by atoms with E-state index in [0.29, 0.717) is 30.3 Å². The molecule has 2 aromatic carbocycles. The van der Waals surface area contributed by atoms with Crippen LogP contribution in [-0.2, 0) is 6.61 Å². The smallest absolute Gasteiger partial charge is 0.161 e. The van der Waals surface area contributed by atoms with Crippen molar-refractivity contribution >= 4 is 5.84 Å². The van der Waals surface area contributed by atoms with Crippen LogP contribution < -0.4 is 15.2 Å². The molecule has 5 nitrogen and oxygen atoms in total. The van der Waals surface area contributed by atoms with E-state index in [9.17, 15) is 5.11 Å². The minimum absolute atomic E-state index is 0.0129. The molecule has 2 aromatic rings. The monoisotopic (exact) mass is 286 g/mol. The Bertz CT molecular complexity index is 624. The second-order valence-corrected chi connectivity index (χ2v) is 4.46. The maximum absolute atomic E-state index is 9.25. The van der Waals surface area contributed by atoms with Gasteiger partial charge in [0.15, 0.2) is 11.5 Å². The van der Waals surface area contributed by atoms with Gasteiger partial charge in [-0.3, -0.25) is 5.41 Å². The summed E-state index contributed by atoms with van der Waals surface area (Å²) in [5.41, 5.74) is 7.00. The molecule has 0 atom stereocenters. The third-order valence-electron chi connectivity index (χ3n) is 2.89. The number of phenolic OH excluding ortho intramolecular Hbond substituents is 1. The highest BCUT2D eigenvalue weighted by Gasteiger charge is 2.08. The molecular formula is C16H18N2O3. The Balaban J connectivity index is 2.14. The average Bonchev–Trinajstić information content (AvgIpc) is 2.47. The second-order valence-electron chi connectivity index (χ2n) is 4.46. The predicted octanol–water partition coefficient (Wildman–Crippen LogP) is 2.65. The lowest BCUT2D eigenvalue weighted by atomic mass is 10.2. The summed E-state index contributed by atoms with van der Waals surface area (Å²) >= 11 is 0. The largest absolute Gasteiger partial charge is 0.508 e. The van der Waals surface area contributed by atoms with Crippen molar-refractivity contribution in [1.29, 1.82) is 5.41 Å². The minimum atomic E-state index is -0.0129. The number of benzene rings is 2. The van der Waals surface area contributed by atoms with Gasteiger partial charge in [0, 0.05) is 5.56 Å². The van der Waals surface area contributed by atoms with Crippen LogP contribution in [0.4, 0.5) is 0 Å². The molecule has 5 heteroatoms. The van der Waals surface area contributed by atoms with Gasteiger partial charge in [-0.1, -0.05) is 12.1 Å². The lowest BCUT2D eigenvalue weighted by Gasteiger charge is -2.13. The molecule has 0 aliphatic heterocycles. The maximum atomic E-state index is 9.25. The Labute approximate surface area is 123 Å². The molecule has 0 fully saturated rings. The third-order valence-corrected chi connectivity index (χ3v) is 2.89. The number of phenols is 1. The predicted molar refractivity (Wildman–Crippen MR) is 81.1 cm³/mol. The summed E-state index contributed by atoms with van der Waals surface area (Å²) in [5, 5.41) is 16.7. The molecule has 0 radical (unpaired) electrons. The first-order valence-electron chi connectivity index (χ1n) is 6.62. The summed E-state index contributed by atoms with van der Waals surface area (Å²) in [6, 6.07) is 12.0. The van der Waals surface area contributed by atoms with Gasteiger partial charge in [-0.25, -0.2) is 0 Å². The fourth-order valence-electron chi connectivity index (χ4n) is 1.82. The summed E-state index contributed by atoms with van der Waals surface area (Å²) in [4.78, 5) is 0. The van der Waals surface area contributed by atoms with E-state index in [4.69, 9.17) is 20.6 Å². The van der Waals surface area contributed by atoms with E-state index < -0.39 is 0 Å². The van der Waals surface area contributed by atoms with Gasteiger partial charge in [-0.2, -0.15) is 0 Å². The van der Waals surface area contributed by atoms with Gasteiger partial charge in [-0.15, -0.1) is 0 Å². The van der Waals surface area contributed by atoms with Crippen LogP contribution in [0.25, 0.3) is 0 Å². The number of hydrogen-bond acceptors (Lipinski definition) is 4. The van der Waals surface area contributed by atoms with Crippen LogP contribution in [0.3, 0.4) is 0 Å². The highest BCUT2D eigenvalue weighted by molar-refractivity contribution is 5.95. The zero-order chi connectivity index (χ0) is 15.2. The second kappa shape index (κ2) is 6.65. The summed E-state index contributed by atoms with van der Waals surface area (Å²) in [6.45, 7) is 2.74. The summed E-state index contributed by atoms with van der Waals surface area (Å²) in [6.07, 6.45) is 0. The molecule has 0 unspecified atom stereocenters. The van der Waals surface area contributed by atoms with Gasteiger partial charge in [0.05, 0.1) is 6.61 Å². The topological polar surface area (TPSA) is 88.6 Å². The minimum Gasteiger partial charge on any atom is -0.508 e. The molecule has 21 heavy (non-hydrogen) atoms. The van der Waals surface area contributed by atoms with Gasteiger partial charge in [0.2, 0.25) is 0 Å². The van der Waals surface area contributed by atoms with Crippen molar-refractivity contribution in [2.24, 2.45) is 5.73 Å². The third kappa shape index (κ3) is 3.89. The number of nitrogens with two attached hydrogens (primary N) is 1. The van der Waals surface area contributed by atoms with E-state index in [1.165, 1.54) is 0 Å². The van der Waals surface area contributed by atoms with E-state index in [-0.39, 0.29) is 11.6 Å². The van der Waals surface area contributed by atoms with Crippen LogP contribution in [0.5, 0.6) is 17.2 Å². The summed E-state index contributed by atoms with van der Waals surface area (Å²) in [7, 11) is 0. The number of ether oxygens (including phenoxy) is 2. The van der Waals surface area contributed by atoms with Crippen LogP contribution in [0.1, 0.15) is 18.1 Å². The van der Waals surface area contributed by atoms with Gasteiger partial charge < -0.3 is 20.3 Å². The molecule has 0 heterocycles. The number of hydrogen-bond donors (Lipinski definition) is 3. The highest BCUT2D eigenvalue weighted by Crippen LogP contribution is 2.29. The van der Waals surface area contributed by atoms with Crippen LogP contribution in [0, 0.1) is 5.41 Å². The lowest BCUT2D eigenvalue weighted by molar-refractivity contribution is 0.269. The van der Waals surface area contributed by atoms with Crippen LogP contribution >= 0.6 is 0 Å². The molecule has 0 saturated carbocycles. The molecule has 0 aromatic heterocycles. The quantitative estimate of drug-likeness (QED) is 0.562. The highest BCUT2D eigenvalue weighted by atomic mass is 16.5. The maximum Gasteiger partial charge on any atom is 0.161 e. The molecule has 0 bridgehead atoms. The number of amidine groups is 1. The fourth-order valence-corrected chi connectivity index (χ4v) is 1.82. The van der Waals surface area contributed by atoms with Crippen molar-refractivity contribution < 1.29 is 14.6 Å². The van der Waals surface area contributed by atoms with E-state index in [1.807, 2.05) is 6.92 Å². The normalized spacial score (nSPS) is 10.1. The van der Waals surface area contributed by atoms with Crippen molar-refractivity contribution in [1.82, 2.24) is 0 Å². The summed E-state index contributed by atoms with van der Waals surface area (Å²) < 4.78 is 11.3. The first kappa shape index (κ1) is 14.7. The fraction of sp³-hybridized carbons (Fsp3) is 0.188. The van der Waals surface area contributed by atoms with Gasteiger partial charge in [0.25, 0.3) is 0 Å². The van der Waals surface area contributed by atoms with Gasteiger partial charge in [0.1, 0.15) is 18.2 Å². The van der Waals surface area contributed by atoms with Crippen LogP contribution in [0.15, 0.2) is 42.5 Å². The Morgan fingerprint density at radius 2 is 1.81 bits per heavy atom. The Morgan fingerprint density at radius 3 is 2.43 bits per heavy atom. The Kier molecular flexibility index (Phi) is 4.66. The molecule has 110 valence electrons. The van der Waals surface area contributed by atoms with Crippen molar-refractivity contribution in [2.75, 3.05) is 6.61 Å². The molecule has 0 aliphatic carbocycles. The molecule has 2 rings (SSSR count). The molecule has 0 saturated heterocycles. The standard InChI is InChI=1S/C16H18N2O3/c1-2-20-15-9-12(16(17)18)5-8-14(15)21-10-11-3-6-13(19)7-4-11/h3-9,19H,2,10H2,1H3,(H3,17,18). The van der Waals surface area contributed by atoms with Crippen molar-refractivity contribution in [2.45, 2.75) is 13.5 Å². The first-order chi connectivity index (χ1) is 10.1. The molecule has 4 N–H and O–H groups in total. The van der Waals surface area contributed by atoms with Crippen molar-refractivity contribution in [3.05, 3.63) is 53.6 Å². The Hall–Kier alpha value is -2.69. The molecule has 0 aliphatic rings. The van der Waals surface area contributed by atoms with E-state index in [0.717, 1.165) is 5.56 Å². The number of rotatable bonds is 6. The lowest BCUT2D eigenvalue weighted by Crippen LogP contribution is -2.11. The number of aromatic hydroxyl groups is 1. The summed E-state index contributed by atoms with van der Waals surface area (Å²) in [5.74, 6) is 1.36. The van der Waals surface area contributed by atoms with Crippen LogP contribution in [-0.4, -0.2) is 17.5 Å². The molecule has 0 amide bonds. The number of nitrogens with one attached hydrogen (secondary N) is 1. The zero-order valence-corrected chi connectivity index (χ0v) is 11.8. The van der Waals surface area contributed by atoms with Crippen molar-refractivity contribution in [3.8, 4) is 17.2 Å². The SMILES string of the molecule is CCOc1cc(C(=N)N)ccc1OCc1ccc(O)cc1. The van der Waals surface area contributed by atoms with Gasteiger partial charge >= 0.3 is 0 Å². The van der Waals surface area contributed by atoms with E-state index in [1.54, 1.807) is 42.5 Å². The van der Waals surface area contributed by atoms with E-state index in [2.05, 4.69) is 0 Å². The van der Waals surface area contributed by atoms with E-state index >= 15 is 0 Å². The number of nitrogen functional groups attached to an aromatic ring is 1.